The quantitative estimate of drug-likeness (QED) is 0.637. The van der Waals surface area contributed by atoms with E-state index in [-0.39, 0.29) is 6.10 Å². The summed E-state index contributed by atoms with van der Waals surface area (Å²) in [6.45, 7) is 0. The van der Waals surface area contributed by atoms with E-state index in [1.165, 1.54) is 19.3 Å². The maximum atomic E-state index is 10.5. The number of epoxide rings is 1. The van der Waals surface area contributed by atoms with Gasteiger partial charge in [0.15, 0.2) is 6.10 Å². The normalized spacial score (nSPS) is 36.3. The summed E-state index contributed by atoms with van der Waals surface area (Å²) in [5, 5.41) is 8.63. The monoisotopic (exact) mass is 170 g/mol. The number of carbonyl (C=O) groups is 1. The highest BCUT2D eigenvalue weighted by Crippen LogP contribution is 2.38. The molecular weight excluding hydrogens is 156 g/mol. The molecule has 0 spiro atoms. The van der Waals surface area contributed by atoms with Gasteiger partial charge >= 0.3 is 5.97 Å². The first-order valence-electron chi connectivity index (χ1n) is 4.67. The van der Waals surface area contributed by atoms with Gasteiger partial charge in [-0.05, 0) is 18.8 Å². The van der Waals surface area contributed by atoms with Gasteiger partial charge in [0.25, 0.3) is 0 Å². The van der Waals surface area contributed by atoms with Gasteiger partial charge in [-0.25, -0.2) is 4.79 Å². The second-order valence-electron chi connectivity index (χ2n) is 3.76. The lowest BCUT2D eigenvalue weighted by Gasteiger charge is -2.18. The van der Waals surface area contributed by atoms with Gasteiger partial charge in [-0.3, -0.25) is 0 Å². The first-order chi connectivity index (χ1) is 5.79. The molecule has 1 saturated carbocycles. The first-order valence-corrected chi connectivity index (χ1v) is 4.67. The largest absolute Gasteiger partial charge is 0.479 e. The van der Waals surface area contributed by atoms with Crippen LogP contribution in [-0.2, 0) is 9.53 Å². The molecule has 0 radical (unpaired) electrons. The van der Waals surface area contributed by atoms with Gasteiger partial charge in [-0.1, -0.05) is 19.3 Å². The van der Waals surface area contributed by atoms with Crippen LogP contribution in [0.4, 0.5) is 0 Å². The average Bonchev–Trinajstić information content (AvgIpc) is 2.84. The van der Waals surface area contributed by atoms with Crippen LogP contribution >= 0.6 is 0 Å². The number of ether oxygens (including phenoxy) is 1. The minimum atomic E-state index is -0.787. The molecule has 1 aliphatic heterocycles. The summed E-state index contributed by atoms with van der Waals surface area (Å²) in [5.74, 6) is -0.259. The van der Waals surface area contributed by atoms with E-state index in [1.54, 1.807) is 0 Å². The van der Waals surface area contributed by atoms with Gasteiger partial charge in [0.2, 0.25) is 0 Å². The molecule has 3 heteroatoms. The predicted molar refractivity (Wildman–Crippen MR) is 42.9 cm³/mol. The van der Waals surface area contributed by atoms with Crippen LogP contribution in [0.5, 0.6) is 0 Å². The summed E-state index contributed by atoms with van der Waals surface area (Å²) in [7, 11) is 0. The maximum absolute atomic E-state index is 10.5. The molecule has 2 fully saturated rings. The van der Waals surface area contributed by atoms with Crippen molar-refractivity contribution in [2.24, 2.45) is 5.92 Å². The summed E-state index contributed by atoms with van der Waals surface area (Å²) in [6.07, 6.45) is 5.69. The van der Waals surface area contributed by atoms with Crippen molar-refractivity contribution in [3.63, 3.8) is 0 Å². The van der Waals surface area contributed by atoms with Gasteiger partial charge in [0.05, 0.1) is 6.10 Å². The highest BCUT2D eigenvalue weighted by molar-refractivity contribution is 5.75. The molecule has 2 atom stereocenters. The number of aliphatic carboxylic acids is 1. The molecule has 0 bridgehead atoms. The van der Waals surface area contributed by atoms with Gasteiger partial charge in [-0.15, -0.1) is 0 Å². The van der Waals surface area contributed by atoms with E-state index >= 15 is 0 Å². The molecule has 1 saturated heterocycles. The maximum Gasteiger partial charge on any atom is 0.335 e. The molecule has 0 aromatic rings. The van der Waals surface area contributed by atoms with E-state index in [1.807, 2.05) is 0 Å². The summed E-state index contributed by atoms with van der Waals surface area (Å²) in [4.78, 5) is 10.5. The van der Waals surface area contributed by atoms with Gasteiger partial charge in [-0.2, -0.15) is 0 Å². The van der Waals surface area contributed by atoms with Crippen molar-refractivity contribution in [2.45, 2.75) is 44.3 Å². The van der Waals surface area contributed by atoms with Crippen LogP contribution in [0.15, 0.2) is 0 Å². The number of hydrogen-bond acceptors (Lipinski definition) is 2. The molecule has 2 aliphatic rings. The fraction of sp³-hybridized carbons (Fsp3) is 0.889. The van der Waals surface area contributed by atoms with Crippen LogP contribution in [0, 0.1) is 5.92 Å². The Hall–Kier alpha value is -0.570. The van der Waals surface area contributed by atoms with Crippen LogP contribution in [-0.4, -0.2) is 23.3 Å². The van der Waals surface area contributed by atoms with E-state index in [9.17, 15) is 4.79 Å². The summed E-state index contributed by atoms with van der Waals surface area (Å²) in [6, 6.07) is 0. The minimum Gasteiger partial charge on any atom is -0.479 e. The molecule has 2 rings (SSSR count). The lowest BCUT2D eigenvalue weighted by atomic mass is 9.86. The van der Waals surface area contributed by atoms with Crippen LogP contribution in [0.1, 0.15) is 32.1 Å². The van der Waals surface area contributed by atoms with Crippen molar-refractivity contribution in [1.29, 1.82) is 0 Å². The number of carboxylic acid groups (broad SMARTS) is 1. The fourth-order valence-corrected chi connectivity index (χ4v) is 2.14. The molecular formula is C9H14O3. The first kappa shape index (κ1) is 8.05. The van der Waals surface area contributed by atoms with Crippen molar-refractivity contribution < 1.29 is 14.6 Å². The summed E-state index contributed by atoms with van der Waals surface area (Å²) >= 11 is 0. The van der Waals surface area contributed by atoms with Crippen molar-refractivity contribution in [1.82, 2.24) is 0 Å². The van der Waals surface area contributed by atoms with E-state index in [0.29, 0.717) is 5.92 Å². The Labute approximate surface area is 71.7 Å². The van der Waals surface area contributed by atoms with E-state index in [0.717, 1.165) is 12.8 Å². The molecule has 68 valence electrons. The zero-order chi connectivity index (χ0) is 8.55. The molecule has 1 heterocycles. The lowest BCUT2D eigenvalue weighted by Crippen LogP contribution is -2.18. The Morgan fingerprint density at radius 2 is 1.92 bits per heavy atom. The molecule has 1 aliphatic carbocycles. The molecule has 12 heavy (non-hydrogen) atoms. The van der Waals surface area contributed by atoms with Gasteiger partial charge < -0.3 is 9.84 Å². The zero-order valence-electron chi connectivity index (χ0n) is 7.03. The second kappa shape index (κ2) is 3.05. The van der Waals surface area contributed by atoms with Gasteiger partial charge in [0.1, 0.15) is 0 Å². The molecule has 0 amide bonds. The Morgan fingerprint density at radius 1 is 1.25 bits per heavy atom. The summed E-state index contributed by atoms with van der Waals surface area (Å²) in [5.41, 5.74) is 0. The van der Waals surface area contributed by atoms with E-state index in [4.69, 9.17) is 9.84 Å². The molecule has 3 nitrogen and oxygen atoms in total. The third-order valence-corrected chi connectivity index (χ3v) is 2.88. The van der Waals surface area contributed by atoms with Crippen LogP contribution in [0.25, 0.3) is 0 Å². The van der Waals surface area contributed by atoms with Crippen LogP contribution < -0.4 is 0 Å². The Morgan fingerprint density at radius 3 is 2.42 bits per heavy atom. The fourth-order valence-electron chi connectivity index (χ4n) is 2.14. The third-order valence-electron chi connectivity index (χ3n) is 2.88. The highest BCUT2D eigenvalue weighted by Gasteiger charge is 2.49. The minimum absolute atomic E-state index is 0.0443. The topological polar surface area (TPSA) is 49.8 Å². The number of rotatable bonds is 2. The third kappa shape index (κ3) is 1.46. The van der Waals surface area contributed by atoms with Crippen LogP contribution in [0.2, 0.25) is 0 Å². The number of hydrogen-bond donors (Lipinski definition) is 1. The molecule has 2 unspecified atom stereocenters. The standard InChI is InChI=1S/C9H14O3/c10-9(11)8-7(12-8)6-4-2-1-3-5-6/h6-8H,1-5H2,(H,10,11). The van der Waals surface area contributed by atoms with E-state index < -0.39 is 12.1 Å². The van der Waals surface area contributed by atoms with Crippen molar-refractivity contribution in [3.05, 3.63) is 0 Å². The lowest BCUT2D eigenvalue weighted by molar-refractivity contribution is -0.138. The molecule has 0 aromatic carbocycles. The Bertz CT molecular complexity index is 184. The van der Waals surface area contributed by atoms with Crippen molar-refractivity contribution >= 4 is 5.97 Å². The highest BCUT2D eigenvalue weighted by atomic mass is 16.6. The average molecular weight is 170 g/mol. The Kier molecular flexibility index (Phi) is 2.05. The predicted octanol–water partition coefficient (Wildman–Crippen LogP) is 1.42. The SMILES string of the molecule is O=C(O)C1OC1C1CCCCC1. The smallest absolute Gasteiger partial charge is 0.335 e. The Balaban J connectivity index is 1.83. The van der Waals surface area contributed by atoms with Crippen molar-refractivity contribution in [2.75, 3.05) is 0 Å². The second-order valence-corrected chi connectivity index (χ2v) is 3.76. The summed E-state index contributed by atoms with van der Waals surface area (Å²) < 4.78 is 5.12. The van der Waals surface area contributed by atoms with E-state index in [2.05, 4.69) is 0 Å². The number of carboxylic acids is 1. The van der Waals surface area contributed by atoms with Crippen LogP contribution in [0.3, 0.4) is 0 Å². The van der Waals surface area contributed by atoms with Crippen molar-refractivity contribution in [3.8, 4) is 0 Å². The molecule has 1 N–H and O–H groups in total. The molecule has 0 aromatic heterocycles. The zero-order valence-corrected chi connectivity index (χ0v) is 7.03. The van der Waals surface area contributed by atoms with Gasteiger partial charge in [0, 0.05) is 0 Å².